The first kappa shape index (κ1) is 26.0. The molecule has 0 atom stereocenters. The molecule has 0 aliphatic carbocycles. The van der Waals surface area contributed by atoms with Crippen LogP contribution in [0.4, 0.5) is 0 Å². The van der Waals surface area contributed by atoms with E-state index < -0.39 is 0 Å². The lowest BCUT2D eigenvalue weighted by Gasteiger charge is -2.09. The maximum Gasteiger partial charge on any atom is 0.0541 e. The highest BCUT2D eigenvalue weighted by Gasteiger charge is 2.13. The van der Waals surface area contributed by atoms with E-state index in [1.54, 1.807) is 0 Å². The minimum Gasteiger partial charge on any atom is -0.309 e. The third kappa shape index (κ3) is 4.89. The quantitative estimate of drug-likeness (QED) is 0.190. The number of rotatable bonds is 6. The summed E-state index contributed by atoms with van der Waals surface area (Å²) in [6.07, 6.45) is 0.959. The predicted molar refractivity (Wildman–Crippen MR) is 186 cm³/mol. The second kappa shape index (κ2) is 11.2. The standard InChI is InChI=1S/C43H31N/c1-3-9-31(10-4-1)29-32-15-17-33(18-16-32)34-19-21-35(22-20-34)36-23-25-37(26-24-36)38-27-28-43-41(30-38)40-13-7-8-14-42(40)44(43)39-11-5-2-6-12-39/h1-28,30H,29H2. The molecule has 0 amide bonds. The summed E-state index contributed by atoms with van der Waals surface area (Å²) in [7, 11) is 0. The highest BCUT2D eigenvalue weighted by atomic mass is 15.0. The summed E-state index contributed by atoms with van der Waals surface area (Å²) in [4.78, 5) is 0. The molecule has 0 spiro atoms. The van der Waals surface area contributed by atoms with E-state index in [2.05, 4.69) is 180 Å². The summed E-state index contributed by atoms with van der Waals surface area (Å²) < 4.78 is 2.36. The lowest BCUT2D eigenvalue weighted by molar-refractivity contribution is 1.18. The molecule has 1 heterocycles. The number of nitrogens with zero attached hydrogens (tertiary/aromatic N) is 1. The second-order valence-corrected chi connectivity index (χ2v) is 11.4. The maximum absolute atomic E-state index is 2.36. The topological polar surface area (TPSA) is 4.93 Å². The van der Waals surface area contributed by atoms with Gasteiger partial charge in [0.1, 0.15) is 0 Å². The molecule has 0 saturated heterocycles. The minimum atomic E-state index is 0.959. The summed E-state index contributed by atoms with van der Waals surface area (Å²) in [5, 5.41) is 2.55. The molecule has 0 fully saturated rings. The third-order valence-electron chi connectivity index (χ3n) is 8.66. The van der Waals surface area contributed by atoms with Crippen LogP contribution in [0.5, 0.6) is 0 Å². The molecule has 0 radical (unpaired) electrons. The van der Waals surface area contributed by atoms with Crippen molar-refractivity contribution in [2.45, 2.75) is 6.42 Å². The van der Waals surface area contributed by atoms with Crippen LogP contribution in [0, 0.1) is 0 Å². The number of aromatic nitrogens is 1. The molecule has 7 aromatic carbocycles. The molecule has 1 heteroatoms. The van der Waals surface area contributed by atoms with E-state index in [-0.39, 0.29) is 0 Å². The average Bonchev–Trinajstić information content (AvgIpc) is 3.43. The first-order chi connectivity index (χ1) is 21.8. The van der Waals surface area contributed by atoms with Gasteiger partial charge in [-0.3, -0.25) is 0 Å². The highest BCUT2D eigenvalue weighted by Crippen LogP contribution is 2.35. The van der Waals surface area contributed by atoms with Gasteiger partial charge < -0.3 is 4.57 Å². The van der Waals surface area contributed by atoms with Crippen LogP contribution in [0.15, 0.2) is 176 Å². The van der Waals surface area contributed by atoms with E-state index in [4.69, 9.17) is 0 Å². The van der Waals surface area contributed by atoms with Crippen molar-refractivity contribution < 1.29 is 0 Å². The van der Waals surface area contributed by atoms with Crippen molar-refractivity contribution in [3.05, 3.63) is 187 Å². The van der Waals surface area contributed by atoms with Gasteiger partial charge in [-0.25, -0.2) is 0 Å². The number of hydrogen-bond donors (Lipinski definition) is 0. The molecule has 0 aliphatic heterocycles. The second-order valence-electron chi connectivity index (χ2n) is 11.4. The van der Waals surface area contributed by atoms with Crippen molar-refractivity contribution in [1.29, 1.82) is 0 Å². The zero-order valence-corrected chi connectivity index (χ0v) is 24.4. The molecule has 8 rings (SSSR count). The maximum atomic E-state index is 2.36. The van der Waals surface area contributed by atoms with E-state index in [1.807, 2.05) is 0 Å². The van der Waals surface area contributed by atoms with Crippen LogP contribution in [-0.4, -0.2) is 4.57 Å². The lowest BCUT2D eigenvalue weighted by atomic mass is 9.96. The fourth-order valence-electron chi connectivity index (χ4n) is 6.36. The molecule has 0 unspecified atom stereocenters. The van der Waals surface area contributed by atoms with Gasteiger partial charge in [0.05, 0.1) is 11.0 Å². The van der Waals surface area contributed by atoms with E-state index >= 15 is 0 Å². The molecule has 208 valence electrons. The van der Waals surface area contributed by atoms with Crippen molar-refractivity contribution in [2.24, 2.45) is 0 Å². The van der Waals surface area contributed by atoms with E-state index in [0.29, 0.717) is 0 Å². The van der Waals surface area contributed by atoms with Crippen LogP contribution in [0.1, 0.15) is 11.1 Å². The molecule has 1 aromatic heterocycles. The van der Waals surface area contributed by atoms with E-state index in [0.717, 1.165) is 6.42 Å². The van der Waals surface area contributed by atoms with Gasteiger partial charge in [-0.1, -0.05) is 146 Å². The van der Waals surface area contributed by atoms with Gasteiger partial charge >= 0.3 is 0 Å². The van der Waals surface area contributed by atoms with Crippen molar-refractivity contribution in [3.63, 3.8) is 0 Å². The lowest BCUT2D eigenvalue weighted by Crippen LogP contribution is -1.92. The van der Waals surface area contributed by atoms with Crippen LogP contribution < -0.4 is 0 Å². The van der Waals surface area contributed by atoms with Crippen LogP contribution in [0.25, 0.3) is 60.9 Å². The first-order valence-electron chi connectivity index (χ1n) is 15.2. The zero-order chi connectivity index (χ0) is 29.3. The summed E-state index contributed by atoms with van der Waals surface area (Å²) in [5.74, 6) is 0. The van der Waals surface area contributed by atoms with Crippen LogP contribution in [0.3, 0.4) is 0 Å². The van der Waals surface area contributed by atoms with E-state index in [9.17, 15) is 0 Å². The van der Waals surface area contributed by atoms with E-state index in [1.165, 1.54) is 72.0 Å². The van der Waals surface area contributed by atoms with Crippen molar-refractivity contribution in [2.75, 3.05) is 0 Å². The largest absolute Gasteiger partial charge is 0.309 e. The van der Waals surface area contributed by atoms with Gasteiger partial charge in [0, 0.05) is 16.5 Å². The molecule has 0 N–H and O–H groups in total. The number of hydrogen-bond acceptors (Lipinski definition) is 0. The third-order valence-corrected chi connectivity index (χ3v) is 8.66. The monoisotopic (exact) mass is 561 g/mol. The first-order valence-corrected chi connectivity index (χ1v) is 15.2. The SMILES string of the molecule is c1ccc(Cc2ccc(-c3ccc(-c4ccc(-c5ccc6c(c5)c5ccccc5n6-c5ccccc5)cc4)cc3)cc2)cc1. The molecule has 0 saturated carbocycles. The minimum absolute atomic E-state index is 0.959. The Bertz CT molecular complexity index is 2190. The smallest absolute Gasteiger partial charge is 0.0541 e. The van der Waals surface area contributed by atoms with Crippen molar-refractivity contribution >= 4 is 21.8 Å². The van der Waals surface area contributed by atoms with Crippen molar-refractivity contribution in [3.8, 4) is 39.1 Å². The molecule has 8 aromatic rings. The number of para-hydroxylation sites is 2. The number of benzene rings is 7. The zero-order valence-electron chi connectivity index (χ0n) is 24.4. The molecule has 0 bridgehead atoms. The van der Waals surface area contributed by atoms with Crippen LogP contribution >= 0.6 is 0 Å². The Hall–Kier alpha value is -5.66. The van der Waals surface area contributed by atoms with Gasteiger partial charge in [0.15, 0.2) is 0 Å². The van der Waals surface area contributed by atoms with Gasteiger partial charge in [-0.05, 0) is 81.3 Å². The Morgan fingerprint density at radius 2 is 0.750 bits per heavy atom. The van der Waals surface area contributed by atoms with Crippen LogP contribution in [-0.2, 0) is 6.42 Å². The van der Waals surface area contributed by atoms with Crippen molar-refractivity contribution in [1.82, 2.24) is 4.57 Å². The molecular weight excluding hydrogens is 530 g/mol. The summed E-state index contributed by atoms with van der Waals surface area (Å²) in [6.45, 7) is 0. The van der Waals surface area contributed by atoms with Gasteiger partial charge in [0.25, 0.3) is 0 Å². The predicted octanol–water partition coefficient (Wildman–Crippen LogP) is 11.4. The molecule has 44 heavy (non-hydrogen) atoms. The van der Waals surface area contributed by atoms with Gasteiger partial charge in [-0.2, -0.15) is 0 Å². The Labute approximate surface area is 258 Å². The Kier molecular flexibility index (Phi) is 6.62. The van der Waals surface area contributed by atoms with Crippen LogP contribution in [0.2, 0.25) is 0 Å². The summed E-state index contributed by atoms with van der Waals surface area (Å²) in [6, 6.07) is 63.6. The number of fused-ring (bicyclic) bond motifs is 3. The fourth-order valence-corrected chi connectivity index (χ4v) is 6.36. The Morgan fingerprint density at radius 3 is 1.36 bits per heavy atom. The molecule has 1 nitrogen and oxygen atoms in total. The average molecular weight is 562 g/mol. The summed E-state index contributed by atoms with van der Waals surface area (Å²) in [5.41, 5.74) is 13.7. The van der Waals surface area contributed by atoms with Gasteiger partial charge in [-0.15, -0.1) is 0 Å². The van der Waals surface area contributed by atoms with Gasteiger partial charge in [0.2, 0.25) is 0 Å². The highest BCUT2D eigenvalue weighted by molar-refractivity contribution is 6.10. The molecule has 0 aliphatic rings. The summed E-state index contributed by atoms with van der Waals surface area (Å²) >= 11 is 0. The molecular formula is C43H31N. The Balaban J connectivity index is 1.04. The normalized spacial score (nSPS) is 11.3. The fraction of sp³-hybridized carbons (Fsp3) is 0.0233. The Morgan fingerprint density at radius 1 is 0.318 bits per heavy atom.